The smallest absolute Gasteiger partial charge is 0.322 e. The third-order valence-electron chi connectivity index (χ3n) is 3.38. The second kappa shape index (κ2) is 9.55. The number of carbonyl (C=O) groups is 4. The molecule has 0 aromatic heterocycles. The number of carboxylic acid groups (broad SMARTS) is 1. The number of amides is 3. The second-order valence-corrected chi connectivity index (χ2v) is 6.81. The average Bonchev–Trinajstić information content (AvgIpc) is 2.56. The monoisotopic (exact) mass is 363 g/mol. The van der Waals surface area contributed by atoms with Gasteiger partial charge < -0.3 is 21.1 Å². The van der Waals surface area contributed by atoms with Crippen molar-refractivity contribution in [3.63, 3.8) is 0 Å². The highest BCUT2D eigenvalue weighted by atomic mass is 16.4. The molecule has 3 amide bonds. The fraction of sp³-hybridized carbons (Fsp3) is 0.444. The lowest BCUT2D eigenvalue weighted by Crippen LogP contribution is -2.35. The molecule has 0 aliphatic rings. The molecular weight excluding hydrogens is 338 g/mol. The van der Waals surface area contributed by atoms with Crippen molar-refractivity contribution in [2.75, 3.05) is 18.4 Å². The SMILES string of the molecule is CC(C)(C)C(=O)NCCCC(=O)Nc1ccc(C(=O)NCC(=O)O)cc1. The van der Waals surface area contributed by atoms with Gasteiger partial charge in [-0.3, -0.25) is 19.2 Å². The summed E-state index contributed by atoms with van der Waals surface area (Å²) in [5.74, 6) is -1.88. The maximum atomic E-state index is 11.9. The maximum Gasteiger partial charge on any atom is 0.322 e. The first-order chi connectivity index (χ1) is 12.1. The number of hydrogen-bond donors (Lipinski definition) is 4. The van der Waals surface area contributed by atoms with E-state index in [2.05, 4.69) is 16.0 Å². The van der Waals surface area contributed by atoms with E-state index in [1.807, 2.05) is 20.8 Å². The summed E-state index contributed by atoms with van der Waals surface area (Å²) in [6, 6.07) is 6.12. The fourth-order valence-electron chi connectivity index (χ4n) is 1.90. The number of nitrogens with one attached hydrogen (secondary N) is 3. The van der Waals surface area contributed by atoms with Crippen molar-refractivity contribution in [1.82, 2.24) is 10.6 Å². The van der Waals surface area contributed by atoms with Gasteiger partial charge in [0, 0.05) is 29.6 Å². The molecule has 0 saturated heterocycles. The molecule has 0 aliphatic carbocycles. The molecule has 0 bridgehead atoms. The fourth-order valence-corrected chi connectivity index (χ4v) is 1.90. The van der Waals surface area contributed by atoms with Crippen molar-refractivity contribution < 1.29 is 24.3 Å². The van der Waals surface area contributed by atoms with Crippen molar-refractivity contribution >= 4 is 29.4 Å². The normalized spacial score (nSPS) is 10.7. The van der Waals surface area contributed by atoms with E-state index in [1.54, 1.807) is 12.1 Å². The van der Waals surface area contributed by atoms with E-state index in [1.165, 1.54) is 12.1 Å². The molecular formula is C18H25N3O5. The first-order valence-electron chi connectivity index (χ1n) is 8.28. The van der Waals surface area contributed by atoms with Gasteiger partial charge in [-0.2, -0.15) is 0 Å². The van der Waals surface area contributed by atoms with Crippen LogP contribution >= 0.6 is 0 Å². The molecule has 0 fully saturated rings. The molecule has 1 aromatic rings. The van der Waals surface area contributed by atoms with E-state index in [-0.39, 0.29) is 18.2 Å². The van der Waals surface area contributed by atoms with Gasteiger partial charge in [-0.05, 0) is 30.7 Å². The zero-order valence-corrected chi connectivity index (χ0v) is 15.2. The quantitative estimate of drug-likeness (QED) is 0.519. The van der Waals surface area contributed by atoms with Gasteiger partial charge in [-0.25, -0.2) is 0 Å². The van der Waals surface area contributed by atoms with Gasteiger partial charge in [0.1, 0.15) is 6.54 Å². The highest BCUT2D eigenvalue weighted by Gasteiger charge is 2.20. The molecule has 0 saturated carbocycles. The standard InChI is InChI=1S/C18H25N3O5/c1-18(2,3)17(26)19-10-4-5-14(22)21-13-8-6-12(7-9-13)16(25)20-11-15(23)24/h6-9H,4-5,10-11H2,1-3H3,(H,19,26)(H,20,25)(H,21,22)(H,23,24). The largest absolute Gasteiger partial charge is 0.480 e. The molecule has 142 valence electrons. The van der Waals surface area contributed by atoms with Crippen LogP contribution in [0, 0.1) is 5.41 Å². The Morgan fingerprint density at radius 2 is 1.62 bits per heavy atom. The van der Waals surface area contributed by atoms with Crippen LogP contribution in [0.2, 0.25) is 0 Å². The van der Waals surface area contributed by atoms with E-state index in [0.717, 1.165) is 0 Å². The first kappa shape index (κ1) is 21.1. The van der Waals surface area contributed by atoms with Crippen LogP contribution in [-0.4, -0.2) is 41.9 Å². The van der Waals surface area contributed by atoms with E-state index in [9.17, 15) is 19.2 Å². The Bertz CT molecular complexity index is 662. The minimum Gasteiger partial charge on any atom is -0.480 e. The maximum absolute atomic E-state index is 11.9. The van der Waals surface area contributed by atoms with Gasteiger partial charge in [0.05, 0.1) is 0 Å². The molecule has 8 heteroatoms. The van der Waals surface area contributed by atoms with Crippen LogP contribution in [-0.2, 0) is 14.4 Å². The average molecular weight is 363 g/mol. The van der Waals surface area contributed by atoms with E-state index >= 15 is 0 Å². The lowest BCUT2D eigenvalue weighted by Gasteiger charge is -2.17. The molecule has 0 aliphatic heterocycles. The highest BCUT2D eigenvalue weighted by molar-refractivity contribution is 5.97. The summed E-state index contributed by atoms with van der Waals surface area (Å²) in [6.45, 7) is 5.43. The number of benzene rings is 1. The van der Waals surface area contributed by atoms with Crippen LogP contribution < -0.4 is 16.0 Å². The second-order valence-electron chi connectivity index (χ2n) is 6.81. The summed E-state index contributed by atoms with van der Waals surface area (Å²) < 4.78 is 0. The number of aliphatic carboxylic acids is 1. The molecule has 26 heavy (non-hydrogen) atoms. The molecule has 0 spiro atoms. The number of hydrogen-bond acceptors (Lipinski definition) is 4. The van der Waals surface area contributed by atoms with Gasteiger partial charge in [0.25, 0.3) is 5.91 Å². The number of carboxylic acids is 1. The van der Waals surface area contributed by atoms with E-state index in [4.69, 9.17) is 5.11 Å². The topological polar surface area (TPSA) is 125 Å². The number of carbonyl (C=O) groups excluding carboxylic acids is 3. The lowest BCUT2D eigenvalue weighted by molar-refractivity contribution is -0.135. The summed E-state index contributed by atoms with van der Waals surface area (Å²) in [6.07, 6.45) is 0.772. The van der Waals surface area contributed by atoms with Crippen LogP contribution in [0.4, 0.5) is 5.69 Å². The molecule has 0 radical (unpaired) electrons. The third-order valence-corrected chi connectivity index (χ3v) is 3.38. The van der Waals surface area contributed by atoms with Crippen LogP contribution in [0.1, 0.15) is 44.0 Å². The Morgan fingerprint density at radius 1 is 1.00 bits per heavy atom. The first-order valence-corrected chi connectivity index (χ1v) is 8.28. The van der Waals surface area contributed by atoms with Gasteiger partial charge in [0.2, 0.25) is 11.8 Å². The summed E-state index contributed by atoms with van der Waals surface area (Å²) in [4.78, 5) is 45.7. The van der Waals surface area contributed by atoms with Gasteiger partial charge in [-0.1, -0.05) is 20.8 Å². The third kappa shape index (κ3) is 7.78. The molecule has 4 N–H and O–H groups in total. The van der Waals surface area contributed by atoms with Crippen molar-refractivity contribution in [3.8, 4) is 0 Å². The predicted octanol–water partition coefficient (Wildman–Crippen LogP) is 1.38. The zero-order valence-electron chi connectivity index (χ0n) is 15.2. The Morgan fingerprint density at radius 3 is 2.15 bits per heavy atom. The highest BCUT2D eigenvalue weighted by Crippen LogP contribution is 2.12. The summed E-state index contributed by atoms with van der Waals surface area (Å²) in [5, 5.41) is 16.3. The van der Waals surface area contributed by atoms with Crippen LogP contribution in [0.15, 0.2) is 24.3 Å². The molecule has 0 heterocycles. The van der Waals surface area contributed by atoms with Crippen LogP contribution in [0.25, 0.3) is 0 Å². The molecule has 8 nitrogen and oxygen atoms in total. The van der Waals surface area contributed by atoms with Crippen molar-refractivity contribution in [2.24, 2.45) is 5.41 Å². The van der Waals surface area contributed by atoms with Crippen LogP contribution in [0.3, 0.4) is 0 Å². The van der Waals surface area contributed by atoms with Gasteiger partial charge in [0.15, 0.2) is 0 Å². The predicted molar refractivity (Wildman–Crippen MR) is 96.7 cm³/mol. The van der Waals surface area contributed by atoms with Crippen LogP contribution in [0.5, 0.6) is 0 Å². The van der Waals surface area contributed by atoms with Crippen molar-refractivity contribution in [1.29, 1.82) is 0 Å². The molecule has 1 rings (SSSR count). The Kier molecular flexibility index (Phi) is 7.77. The minimum absolute atomic E-state index is 0.0605. The number of anilines is 1. The summed E-state index contributed by atoms with van der Waals surface area (Å²) in [7, 11) is 0. The Hall–Kier alpha value is -2.90. The molecule has 1 aromatic carbocycles. The van der Waals surface area contributed by atoms with E-state index < -0.39 is 23.8 Å². The van der Waals surface area contributed by atoms with Crippen molar-refractivity contribution in [2.45, 2.75) is 33.6 Å². The zero-order chi connectivity index (χ0) is 19.7. The summed E-state index contributed by atoms with van der Waals surface area (Å²) in [5.41, 5.74) is 0.374. The lowest BCUT2D eigenvalue weighted by atomic mass is 9.96. The van der Waals surface area contributed by atoms with Crippen molar-refractivity contribution in [3.05, 3.63) is 29.8 Å². The van der Waals surface area contributed by atoms with E-state index in [0.29, 0.717) is 24.2 Å². The van der Waals surface area contributed by atoms with Gasteiger partial charge in [-0.15, -0.1) is 0 Å². The summed E-state index contributed by atoms with van der Waals surface area (Å²) >= 11 is 0. The molecule has 0 atom stereocenters. The minimum atomic E-state index is -1.12. The van der Waals surface area contributed by atoms with Gasteiger partial charge >= 0.3 is 5.97 Å². The number of rotatable bonds is 8. The molecule has 0 unspecified atom stereocenters. The Labute approximate surface area is 152 Å². The Balaban J connectivity index is 2.37.